The maximum Gasteiger partial charge on any atom is 0.108 e. The summed E-state index contributed by atoms with van der Waals surface area (Å²) in [5, 5.41) is 0. The van der Waals surface area contributed by atoms with Crippen LogP contribution in [0.25, 0.3) is 12.2 Å². The zero-order valence-electron chi connectivity index (χ0n) is 15.0. The number of rotatable bonds is 0. The molecule has 2 aliphatic carbocycles. The summed E-state index contributed by atoms with van der Waals surface area (Å²) in [6.45, 7) is 1.30. The van der Waals surface area contributed by atoms with E-state index in [-0.39, 0.29) is 17.6 Å². The average molecular weight is 352 g/mol. The van der Waals surface area contributed by atoms with Crippen LogP contribution < -0.4 is 0 Å². The first-order valence-electron chi connectivity index (χ1n) is 9.54. The number of benzene rings is 2. The van der Waals surface area contributed by atoms with E-state index in [1.54, 1.807) is 0 Å². The fourth-order valence-electron chi connectivity index (χ4n) is 4.72. The van der Waals surface area contributed by atoms with Gasteiger partial charge in [0.05, 0.1) is 18.6 Å². The van der Waals surface area contributed by atoms with Crippen molar-refractivity contribution in [3.63, 3.8) is 0 Å². The molecule has 2 aromatic rings. The molecule has 2 unspecified atom stereocenters. The minimum absolute atomic E-state index is 0.0376. The van der Waals surface area contributed by atoms with Gasteiger partial charge < -0.3 is 9.47 Å². The molecule has 132 valence electrons. The molecule has 0 fully saturated rings. The molecule has 0 aromatic heterocycles. The standard InChI is InChI=1S/C25H20O2/c1-3-7-21-17(5-1)9-11-19-13-25(15-26-23(19)21)14-20-12-10-18-6-2-4-8-22(18)24(20)27-16-25/h1-14,23-24H,15-16H2. The highest BCUT2D eigenvalue weighted by Gasteiger charge is 2.40. The zero-order valence-corrected chi connectivity index (χ0v) is 15.0. The van der Waals surface area contributed by atoms with Gasteiger partial charge in [0.15, 0.2) is 0 Å². The van der Waals surface area contributed by atoms with Crippen LogP contribution in [0.15, 0.2) is 84.0 Å². The van der Waals surface area contributed by atoms with Gasteiger partial charge in [-0.25, -0.2) is 0 Å². The Bertz CT molecular complexity index is 968. The summed E-state index contributed by atoms with van der Waals surface area (Å²) in [6.07, 6.45) is 13.6. The molecule has 6 rings (SSSR count). The molecular weight excluding hydrogens is 332 g/mol. The lowest BCUT2D eigenvalue weighted by Crippen LogP contribution is -2.38. The summed E-state index contributed by atoms with van der Waals surface area (Å²) in [7, 11) is 0. The minimum Gasteiger partial charge on any atom is -0.367 e. The molecule has 0 bridgehead atoms. The van der Waals surface area contributed by atoms with Crippen molar-refractivity contribution >= 4 is 12.2 Å². The molecule has 0 saturated heterocycles. The second kappa shape index (κ2) is 5.66. The summed E-state index contributed by atoms with van der Waals surface area (Å²) in [5.41, 5.74) is 7.30. The van der Waals surface area contributed by atoms with E-state index in [9.17, 15) is 0 Å². The van der Waals surface area contributed by atoms with Gasteiger partial charge in [-0.3, -0.25) is 0 Å². The molecular formula is C25H20O2. The molecule has 2 atom stereocenters. The van der Waals surface area contributed by atoms with Crippen molar-refractivity contribution < 1.29 is 9.47 Å². The van der Waals surface area contributed by atoms with Gasteiger partial charge in [0.25, 0.3) is 0 Å². The third kappa shape index (κ3) is 2.34. The molecule has 2 heteroatoms. The van der Waals surface area contributed by atoms with Crippen molar-refractivity contribution in [1.82, 2.24) is 0 Å². The second-order valence-corrected chi connectivity index (χ2v) is 7.83. The zero-order chi connectivity index (χ0) is 17.8. The van der Waals surface area contributed by atoms with E-state index in [0.29, 0.717) is 13.2 Å². The van der Waals surface area contributed by atoms with E-state index >= 15 is 0 Å². The van der Waals surface area contributed by atoms with Gasteiger partial charge in [-0.05, 0) is 33.4 Å². The van der Waals surface area contributed by atoms with E-state index in [4.69, 9.17) is 9.47 Å². The van der Waals surface area contributed by atoms with Gasteiger partial charge in [-0.2, -0.15) is 0 Å². The summed E-state index contributed by atoms with van der Waals surface area (Å²) in [4.78, 5) is 0. The van der Waals surface area contributed by atoms with E-state index in [2.05, 4.69) is 85.0 Å². The minimum atomic E-state index is -0.190. The predicted molar refractivity (Wildman–Crippen MR) is 107 cm³/mol. The summed E-state index contributed by atoms with van der Waals surface area (Å²) >= 11 is 0. The molecule has 0 N–H and O–H groups in total. The van der Waals surface area contributed by atoms with E-state index < -0.39 is 0 Å². The highest BCUT2D eigenvalue weighted by atomic mass is 16.5. The predicted octanol–water partition coefficient (Wildman–Crippen LogP) is 5.42. The Balaban J connectivity index is 1.40. The maximum atomic E-state index is 6.38. The molecule has 0 radical (unpaired) electrons. The number of hydrogen-bond donors (Lipinski definition) is 0. The van der Waals surface area contributed by atoms with Gasteiger partial charge in [0.1, 0.15) is 12.2 Å². The Morgan fingerprint density at radius 2 is 1.11 bits per heavy atom. The SMILES string of the molecule is C1=Cc2ccccc2C2OCC3(C=C12)C=C1C=Cc2ccccc2C1OC3. The van der Waals surface area contributed by atoms with Gasteiger partial charge >= 0.3 is 0 Å². The molecule has 0 saturated carbocycles. The third-order valence-corrected chi connectivity index (χ3v) is 6.02. The fourth-order valence-corrected chi connectivity index (χ4v) is 4.72. The van der Waals surface area contributed by atoms with Crippen LogP contribution in [0.2, 0.25) is 0 Å². The first-order chi connectivity index (χ1) is 13.3. The van der Waals surface area contributed by atoms with E-state index in [1.165, 1.54) is 33.4 Å². The van der Waals surface area contributed by atoms with Crippen LogP contribution in [0.3, 0.4) is 0 Å². The molecule has 2 aliphatic heterocycles. The summed E-state index contributed by atoms with van der Waals surface area (Å²) in [6, 6.07) is 17.0. The van der Waals surface area contributed by atoms with E-state index in [0.717, 1.165) is 0 Å². The van der Waals surface area contributed by atoms with Crippen LogP contribution in [0.5, 0.6) is 0 Å². The van der Waals surface area contributed by atoms with Gasteiger partial charge in [-0.1, -0.05) is 85.0 Å². The van der Waals surface area contributed by atoms with Crippen LogP contribution in [-0.2, 0) is 9.47 Å². The van der Waals surface area contributed by atoms with Crippen molar-refractivity contribution in [2.24, 2.45) is 5.41 Å². The first kappa shape index (κ1) is 15.4. The van der Waals surface area contributed by atoms with Crippen LogP contribution in [0.4, 0.5) is 0 Å². The monoisotopic (exact) mass is 352 g/mol. The average Bonchev–Trinajstić information content (AvgIpc) is 2.73. The molecule has 4 aliphatic rings. The van der Waals surface area contributed by atoms with Crippen LogP contribution in [0, 0.1) is 5.41 Å². The number of fused-ring (bicyclic) bond motifs is 6. The molecule has 2 heterocycles. The second-order valence-electron chi connectivity index (χ2n) is 7.83. The lowest BCUT2D eigenvalue weighted by molar-refractivity contribution is -0.0391. The molecule has 2 nitrogen and oxygen atoms in total. The van der Waals surface area contributed by atoms with Gasteiger partial charge in [0, 0.05) is 0 Å². The third-order valence-electron chi connectivity index (χ3n) is 6.02. The Hall–Kier alpha value is -2.68. The lowest BCUT2D eigenvalue weighted by Gasteiger charge is -2.42. The Morgan fingerprint density at radius 3 is 1.63 bits per heavy atom. The largest absolute Gasteiger partial charge is 0.367 e. The highest BCUT2D eigenvalue weighted by Crippen LogP contribution is 2.47. The van der Waals surface area contributed by atoms with Crippen LogP contribution >= 0.6 is 0 Å². The van der Waals surface area contributed by atoms with Crippen molar-refractivity contribution in [3.8, 4) is 0 Å². The lowest BCUT2D eigenvalue weighted by atomic mass is 9.76. The fraction of sp³-hybridized carbons (Fsp3) is 0.200. The number of ether oxygens (including phenoxy) is 2. The number of hydrogen-bond acceptors (Lipinski definition) is 2. The molecule has 0 amide bonds. The normalized spacial score (nSPS) is 29.9. The van der Waals surface area contributed by atoms with Crippen molar-refractivity contribution in [2.75, 3.05) is 13.2 Å². The van der Waals surface area contributed by atoms with Crippen LogP contribution in [0.1, 0.15) is 34.5 Å². The van der Waals surface area contributed by atoms with Crippen molar-refractivity contribution in [3.05, 3.63) is 106 Å². The Labute approximate surface area is 159 Å². The van der Waals surface area contributed by atoms with Gasteiger partial charge in [0.2, 0.25) is 0 Å². The molecule has 27 heavy (non-hydrogen) atoms. The Kier molecular flexibility index (Phi) is 3.22. The topological polar surface area (TPSA) is 18.5 Å². The molecule has 1 spiro atoms. The molecule has 2 aromatic carbocycles. The Morgan fingerprint density at radius 1 is 0.630 bits per heavy atom. The van der Waals surface area contributed by atoms with E-state index in [1.807, 2.05) is 0 Å². The van der Waals surface area contributed by atoms with Crippen molar-refractivity contribution in [1.29, 1.82) is 0 Å². The quantitative estimate of drug-likeness (QED) is 0.630. The summed E-state index contributed by atoms with van der Waals surface area (Å²) < 4.78 is 12.8. The van der Waals surface area contributed by atoms with Crippen LogP contribution in [-0.4, -0.2) is 13.2 Å². The maximum absolute atomic E-state index is 6.38. The highest BCUT2D eigenvalue weighted by molar-refractivity contribution is 5.66. The smallest absolute Gasteiger partial charge is 0.108 e. The summed E-state index contributed by atoms with van der Waals surface area (Å²) in [5.74, 6) is 0. The van der Waals surface area contributed by atoms with Crippen molar-refractivity contribution in [2.45, 2.75) is 12.2 Å². The van der Waals surface area contributed by atoms with Gasteiger partial charge in [-0.15, -0.1) is 0 Å². The first-order valence-corrected chi connectivity index (χ1v) is 9.54.